The van der Waals surface area contributed by atoms with E-state index in [-0.39, 0.29) is 12.5 Å². The van der Waals surface area contributed by atoms with Crippen molar-refractivity contribution in [1.82, 2.24) is 5.32 Å². The summed E-state index contributed by atoms with van der Waals surface area (Å²) in [6.07, 6.45) is 1.78. The Hall–Kier alpha value is -3.22. The van der Waals surface area contributed by atoms with Gasteiger partial charge in [0.25, 0.3) is 5.91 Å². The van der Waals surface area contributed by atoms with Crippen molar-refractivity contribution in [3.05, 3.63) is 93.9 Å². The van der Waals surface area contributed by atoms with E-state index >= 15 is 0 Å². The van der Waals surface area contributed by atoms with Gasteiger partial charge in [0.15, 0.2) is 16.7 Å². The van der Waals surface area contributed by atoms with Gasteiger partial charge in [-0.3, -0.25) is 4.79 Å². The summed E-state index contributed by atoms with van der Waals surface area (Å²) in [5.41, 5.74) is 2.36. The normalized spacial score (nSPS) is 15.9. The molecule has 0 radical (unpaired) electrons. The molecular formula is C24H19ClN2O3S. The standard InChI is InChI=1S/C24H19ClN2O3S/c1-29-20-13-7-9-16(22(20)30-15-17-8-5-6-12-19(17)25)14-21-23(28)27-24(31-21)26-18-10-3-2-4-11-18/h2-14H,15H2,1H3,(H,26,27,28)/b21-14-. The molecular weight excluding hydrogens is 432 g/mol. The maximum Gasteiger partial charge on any atom is 0.264 e. The van der Waals surface area contributed by atoms with E-state index < -0.39 is 0 Å². The first-order valence-corrected chi connectivity index (χ1v) is 10.7. The van der Waals surface area contributed by atoms with Crippen LogP contribution in [-0.4, -0.2) is 18.2 Å². The molecule has 156 valence electrons. The van der Waals surface area contributed by atoms with Gasteiger partial charge in [0.2, 0.25) is 0 Å². The van der Waals surface area contributed by atoms with Crippen molar-refractivity contribution >= 4 is 46.2 Å². The van der Waals surface area contributed by atoms with Gasteiger partial charge < -0.3 is 14.8 Å². The molecule has 4 rings (SSSR count). The number of aliphatic imine (C=N–C) groups is 1. The van der Waals surface area contributed by atoms with Crippen molar-refractivity contribution in [3.63, 3.8) is 0 Å². The minimum atomic E-state index is -0.209. The largest absolute Gasteiger partial charge is 0.493 e. The molecule has 1 heterocycles. The monoisotopic (exact) mass is 450 g/mol. The number of ether oxygens (including phenoxy) is 2. The highest BCUT2D eigenvalue weighted by atomic mass is 35.5. The second-order valence-electron chi connectivity index (χ2n) is 6.58. The molecule has 1 aliphatic heterocycles. The molecule has 7 heteroatoms. The second-order valence-corrected chi connectivity index (χ2v) is 8.01. The lowest BCUT2D eigenvalue weighted by Gasteiger charge is -2.14. The van der Waals surface area contributed by atoms with Gasteiger partial charge in [-0.1, -0.05) is 60.1 Å². The van der Waals surface area contributed by atoms with Gasteiger partial charge in [0.1, 0.15) is 6.61 Å². The van der Waals surface area contributed by atoms with E-state index in [4.69, 9.17) is 21.1 Å². The van der Waals surface area contributed by atoms with E-state index in [0.717, 1.165) is 16.8 Å². The molecule has 1 N–H and O–H groups in total. The minimum absolute atomic E-state index is 0.209. The third-order valence-corrected chi connectivity index (χ3v) is 5.76. The fourth-order valence-corrected chi connectivity index (χ4v) is 3.99. The number of amidine groups is 1. The molecule has 3 aromatic rings. The van der Waals surface area contributed by atoms with E-state index in [1.807, 2.05) is 72.8 Å². The number of methoxy groups -OCH3 is 1. The van der Waals surface area contributed by atoms with E-state index in [2.05, 4.69) is 10.3 Å². The van der Waals surface area contributed by atoms with Gasteiger partial charge in [-0.25, -0.2) is 4.99 Å². The zero-order valence-corrected chi connectivity index (χ0v) is 18.2. The van der Waals surface area contributed by atoms with Crippen LogP contribution in [0.4, 0.5) is 5.69 Å². The predicted molar refractivity (Wildman–Crippen MR) is 126 cm³/mol. The van der Waals surface area contributed by atoms with Crippen molar-refractivity contribution in [3.8, 4) is 11.5 Å². The lowest BCUT2D eigenvalue weighted by Crippen LogP contribution is -2.19. The van der Waals surface area contributed by atoms with Gasteiger partial charge >= 0.3 is 0 Å². The highest BCUT2D eigenvalue weighted by Gasteiger charge is 2.24. The summed E-state index contributed by atoms with van der Waals surface area (Å²) in [6, 6.07) is 22.5. The minimum Gasteiger partial charge on any atom is -0.493 e. The molecule has 0 aromatic heterocycles. The number of carbonyl (C=O) groups excluding carboxylic acids is 1. The second kappa shape index (κ2) is 9.73. The Morgan fingerprint density at radius 3 is 2.58 bits per heavy atom. The Kier molecular flexibility index (Phi) is 6.60. The fourth-order valence-electron chi connectivity index (χ4n) is 2.97. The summed E-state index contributed by atoms with van der Waals surface area (Å²) in [5, 5.41) is 3.96. The number of hydrogen-bond acceptors (Lipinski definition) is 5. The number of hydrogen-bond donors (Lipinski definition) is 1. The van der Waals surface area contributed by atoms with Gasteiger partial charge in [-0.2, -0.15) is 0 Å². The van der Waals surface area contributed by atoms with E-state index in [0.29, 0.717) is 26.6 Å². The summed E-state index contributed by atoms with van der Waals surface area (Å²) in [6.45, 7) is 0.274. The molecule has 0 aliphatic carbocycles. The zero-order valence-electron chi connectivity index (χ0n) is 16.7. The first-order valence-electron chi connectivity index (χ1n) is 9.52. The van der Waals surface area contributed by atoms with Gasteiger partial charge in [0.05, 0.1) is 17.7 Å². The Labute approximate surface area is 189 Å². The van der Waals surface area contributed by atoms with Crippen LogP contribution in [0, 0.1) is 0 Å². The van der Waals surface area contributed by atoms with E-state index in [1.165, 1.54) is 11.8 Å². The van der Waals surface area contributed by atoms with Crippen molar-refractivity contribution < 1.29 is 14.3 Å². The van der Waals surface area contributed by atoms with Crippen LogP contribution in [-0.2, 0) is 11.4 Å². The number of halogens is 1. The van der Waals surface area contributed by atoms with Crippen LogP contribution in [0.2, 0.25) is 5.02 Å². The molecule has 0 atom stereocenters. The van der Waals surface area contributed by atoms with Crippen LogP contribution >= 0.6 is 23.4 Å². The maximum absolute atomic E-state index is 12.5. The zero-order chi connectivity index (χ0) is 21.6. The summed E-state index contributed by atoms with van der Waals surface area (Å²) >= 11 is 7.53. The number of nitrogens with one attached hydrogen (secondary N) is 1. The van der Waals surface area contributed by atoms with Crippen molar-refractivity contribution in [2.75, 3.05) is 7.11 Å². The Bertz CT molecular complexity index is 1160. The quantitative estimate of drug-likeness (QED) is 0.481. The lowest BCUT2D eigenvalue weighted by atomic mass is 10.1. The van der Waals surface area contributed by atoms with Crippen molar-refractivity contribution in [2.45, 2.75) is 6.61 Å². The van der Waals surface area contributed by atoms with Crippen LogP contribution in [0.25, 0.3) is 6.08 Å². The number of thioether (sulfide) groups is 1. The average Bonchev–Trinajstić information content (AvgIpc) is 3.12. The predicted octanol–water partition coefficient (Wildman–Crippen LogP) is 5.82. The molecule has 0 spiro atoms. The fraction of sp³-hybridized carbons (Fsp3) is 0.0833. The number of amides is 1. The molecule has 0 bridgehead atoms. The van der Waals surface area contributed by atoms with Crippen LogP contribution in [0.1, 0.15) is 11.1 Å². The molecule has 1 saturated heterocycles. The molecule has 1 fully saturated rings. The van der Waals surface area contributed by atoms with Crippen LogP contribution < -0.4 is 14.8 Å². The Balaban J connectivity index is 1.60. The smallest absolute Gasteiger partial charge is 0.264 e. The Morgan fingerprint density at radius 2 is 1.81 bits per heavy atom. The highest BCUT2D eigenvalue weighted by Crippen LogP contribution is 2.36. The molecule has 31 heavy (non-hydrogen) atoms. The number of rotatable bonds is 6. The molecule has 3 aromatic carbocycles. The van der Waals surface area contributed by atoms with Gasteiger partial charge in [0, 0.05) is 16.1 Å². The number of para-hydroxylation sites is 2. The van der Waals surface area contributed by atoms with Gasteiger partial charge in [-0.05, 0) is 42.1 Å². The van der Waals surface area contributed by atoms with E-state index in [1.54, 1.807) is 13.2 Å². The molecule has 5 nitrogen and oxygen atoms in total. The third kappa shape index (κ3) is 5.10. The third-order valence-electron chi connectivity index (χ3n) is 4.48. The lowest BCUT2D eigenvalue weighted by molar-refractivity contribution is -0.115. The van der Waals surface area contributed by atoms with Crippen LogP contribution in [0.5, 0.6) is 11.5 Å². The summed E-state index contributed by atoms with van der Waals surface area (Å²) in [4.78, 5) is 17.5. The SMILES string of the molecule is COc1cccc(/C=C2\SC(=Nc3ccccc3)NC2=O)c1OCc1ccccc1Cl. The van der Waals surface area contributed by atoms with Gasteiger partial charge in [-0.15, -0.1) is 0 Å². The van der Waals surface area contributed by atoms with Crippen LogP contribution in [0.3, 0.4) is 0 Å². The van der Waals surface area contributed by atoms with Crippen molar-refractivity contribution in [1.29, 1.82) is 0 Å². The number of carbonyl (C=O) groups is 1. The Morgan fingerprint density at radius 1 is 1.03 bits per heavy atom. The summed E-state index contributed by atoms with van der Waals surface area (Å²) in [7, 11) is 1.58. The topological polar surface area (TPSA) is 59.9 Å². The average molecular weight is 451 g/mol. The molecule has 0 saturated carbocycles. The summed E-state index contributed by atoms with van der Waals surface area (Å²) in [5.74, 6) is 0.904. The molecule has 1 aliphatic rings. The van der Waals surface area contributed by atoms with Crippen molar-refractivity contribution in [2.24, 2.45) is 4.99 Å². The summed E-state index contributed by atoms with van der Waals surface area (Å²) < 4.78 is 11.5. The number of benzene rings is 3. The van der Waals surface area contributed by atoms with Crippen LogP contribution in [0.15, 0.2) is 82.7 Å². The first kappa shape index (κ1) is 21.0. The maximum atomic E-state index is 12.5. The highest BCUT2D eigenvalue weighted by molar-refractivity contribution is 8.18. The number of nitrogens with zero attached hydrogens (tertiary/aromatic N) is 1. The van der Waals surface area contributed by atoms with E-state index in [9.17, 15) is 4.79 Å². The molecule has 1 amide bonds. The first-order chi connectivity index (χ1) is 15.1. The molecule has 0 unspecified atom stereocenters.